The first-order chi connectivity index (χ1) is 6.09. The monoisotopic (exact) mass is 181 g/mol. The molecule has 0 aromatic rings. The number of hydrogen-bond acceptors (Lipinski definition) is 1. The molecule has 0 aromatic heterocycles. The number of rotatable bonds is 2. The number of piperidine rings is 2. The Morgan fingerprint density at radius 3 is 1.92 bits per heavy atom. The van der Waals surface area contributed by atoms with Gasteiger partial charge in [-0.1, -0.05) is 13.8 Å². The molecule has 0 radical (unpaired) electrons. The Morgan fingerprint density at radius 1 is 1.00 bits per heavy atom. The van der Waals surface area contributed by atoms with Gasteiger partial charge in [-0.05, 0) is 43.9 Å². The largest absolute Gasteiger partial charge is 0.300 e. The molecule has 2 saturated heterocycles. The Kier molecular flexibility index (Phi) is 2.39. The average Bonchev–Trinajstić information content (AvgIpc) is 2.03. The summed E-state index contributed by atoms with van der Waals surface area (Å²) in [7, 11) is 0. The van der Waals surface area contributed by atoms with Crippen LogP contribution in [-0.2, 0) is 0 Å². The molecule has 13 heavy (non-hydrogen) atoms. The van der Waals surface area contributed by atoms with Crippen LogP contribution in [0.25, 0.3) is 0 Å². The summed E-state index contributed by atoms with van der Waals surface area (Å²) < 4.78 is 0. The summed E-state index contributed by atoms with van der Waals surface area (Å²) in [6, 6.07) is 0.762. The van der Waals surface area contributed by atoms with E-state index in [4.69, 9.17) is 0 Å². The molecule has 0 spiro atoms. The summed E-state index contributed by atoms with van der Waals surface area (Å²) in [6.45, 7) is 12.2. The summed E-state index contributed by atoms with van der Waals surface area (Å²) >= 11 is 0. The second-order valence-corrected chi connectivity index (χ2v) is 5.62. The molecule has 2 bridgehead atoms. The van der Waals surface area contributed by atoms with Crippen LogP contribution in [0.2, 0.25) is 0 Å². The Hall–Kier alpha value is -0.0400. The molecule has 76 valence electrons. The van der Waals surface area contributed by atoms with Gasteiger partial charge < -0.3 is 4.90 Å². The highest BCUT2D eigenvalue weighted by molar-refractivity contribution is 4.98. The zero-order chi connectivity index (χ0) is 9.59. The predicted molar refractivity (Wildman–Crippen MR) is 56.6 cm³/mol. The highest BCUT2D eigenvalue weighted by atomic mass is 15.2. The van der Waals surface area contributed by atoms with Gasteiger partial charge in [0.25, 0.3) is 0 Å². The molecule has 2 aliphatic heterocycles. The standard InChI is InChI=1S/C12H23N/c1-8(2)12-10-5-11(12)7-13(6-10)9(3)4/h8-12H,5-7H2,1-4H3. The van der Waals surface area contributed by atoms with E-state index in [1.54, 1.807) is 0 Å². The van der Waals surface area contributed by atoms with Crippen molar-refractivity contribution in [3.63, 3.8) is 0 Å². The maximum absolute atomic E-state index is 2.66. The van der Waals surface area contributed by atoms with Crippen LogP contribution in [0.3, 0.4) is 0 Å². The van der Waals surface area contributed by atoms with E-state index >= 15 is 0 Å². The fourth-order valence-corrected chi connectivity index (χ4v) is 3.47. The molecule has 2 heterocycles. The van der Waals surface area contributed by atoms with E-state index in [0.717, 1.165) is 29.7 Å². The smallest absolute Gasteiger partial charge is 0.00388 e. The average molecular weight is 181 g/mol. The summed E-state index contributed by atoms with van der Waals surface area (Å²) in [5.74, 6) is 4.02. The van der Waals surface area contributed by atoms with Crippen molar-refractivity contribution in [1.29, 1.82) is 0 Å². The van der Waals surface area contributed by atoms with Crippen molar-refractivity contribution >= 4 is 0 Å². The van der Waals surface area contributed by atoms with E-state index in [1.807, 2.05) is 0 Å². The molecule has 2 atom stereocenters. The van der Waals surface area contributed by atoms with E-state index in [1.165, 1.54) is 19.5 Å². The Labute approximate surface area is 82.5 Å². The van der Waals surface area contributed by atoms with Gasteiger partial charge in [-0.25, -0.2) is 0 Å². The lowest BCUT2D eigenvalue weighted by Gasteiger charge is -2.56. The fraction of sp³-hybridized carbons (Fsp3) is 1.00. The maximum atomic E-state index is 2.66. The molecule has 1 heteroatoms. The van der Waals surface area contributed by atoms with Crippen molar-refractivity contribution in [1.82, 2.24) is 4.90 Å². The van der Waals surface area contributed by atoms with Crippen LogP contribution >= 0.6 is 0 Å². The third-order valence-corrected chi connectivity index (χ3v) is 4.13. The fourth-order valence-electron chi connectivity index (χ4n) is 3.47. The van der Waals surface area contributed by atoms with Crippen LogP contribution in [0.15, 0.2) is 0 Å². The number of fused-ring (bicyclic) bond motifs is 2. The Balaban J connectivity index is 1.94. The quantitative estimate of drug-likeness (QED) is 0.633. The van der Waals surface area contributed by atoms with Crippen LogP contribution < -0.4 is 0 Å². The normalized spacial score (nSPS) is 39.7. The third-order valence-electron chi connectivity index (χ3n) is 4.13. The van der Waals surface area contributed by atoms with E-state index in [-0.39, 0.29) is 0 Å². The molecule has 1 aliphatic carbocycles. The minimum atomic E-state index is 0.762. The van der Waals surface area contributed by atoms with Crippen molar-refractivity contribution < 1.29 is 0 Å². The lowest BCUT2D eigenvalue weighted by molar-refractivity contribution is -0.0758. The predicted octanol–water partition coefficient (Wildman–Crippen LogP) is 2.62. The van der Waals surface area contributed by atoms with Gasteiger partial charge in [-0.2, -0.15) is 0 Å². The summed E-state index contributed by atoms with van der Waals surface area (Å²) in [5, 5.41) is 0. The van der Waals surface area contributed by atoms with Gasteiger partial charge in [0.1, 0.15) is 0 Å². The number of hydrogen-bond donors (Lipinski definition) is 0. The van der Waals surface area contributed by atoms with Crippen LogP contribution in [0.4, 0.5) is 0 Å². The molecule has 3 fully saturated rings. The van der Waals surface area contributed by atoms with E-state index in [0.29, 0.717) is 0 Å². The van der Waals surface area contributed by atoms with Gasteiger partial charge in [-0.3, -0.25) is 0 Å². The van der Waals surface area contributed by atoms with Gasteiger partial charge >= 0.3 is 0 Å². The topological polar surface area (TPSA) is 3.24 Å². The van der Waals surface area contributed by atoms with Gasteiger partial charge in [0.05, 0.1) is 0 Å². The molecule has 2 unspecified atom stereocenters. The van der Waals surface area contributed by atoms with Gasteiger partial charge in [0.2, 0.25) is 0 Å². The Morgan fingerprint density at radius 2 is 1.54 bits per heavy atom. The molecular weight excluding hydrogens is 158 g/mol. The van der Waals surface area contributed by atoms with Crippen LogP contribution in [0.5, 0.6) is 0 Å². The second kappa shape index (κ2) is 3.27. The maximum Gasteiger partial charge on any atom is 0.00388 e. The van der Waals surface area contributed by atoms with Crippen molar-refractivity contribution in [2.24, 2.45) is 23.7 Å². The van der Waals surface area contributed by atoms with Crippen molar-refractivity contribution in [3.8, 4) is 0 Å². The van der Waals surface area contributed by atoms with Crippen molar-refractivity contribution in [2.75, 3.05) is 13.1 Å². The molecule has 1 nitrogen and oxygen atoms in total. The van der Waals surface area contributed by atoms with Crippen molar-refractivity contribution in [3.05, 3.63) is 0 Å². The highest BCUT2D eigenvalue weighted by Crippen LogP contribution is 2.49. The first-order valence-corrected chi connectivity index (χ1v) is 5.83. The first-order valence-electron chi connectivity index (χ1n) is 5.83. The second-order valence-electron chi connectivity index (χ2n) is 5.62. The van der Waals surface area contributed by atoms with Crippen LogP contribution in [0, 0.1) is 23.7 Å². The summed E-state index contributed by atoms with van der Waals surface area (Å²) in [5.41, 5.74) is 0. The molecule has 3 rings (SSSR count). The zero-order valence-corrected chi connectivity index (χ0v) is 9.46. The highest BCUT2D eigenvalue weighted by Gasteiger charge is 2.47. The summed E-state index contributed by atoms with van der Waals surface area (Å²) in [4.78, 5) is 2.66. The van der Waals surface area contributed by atoms with Gasteiger partial charge in [-0.15, -0.1) is 0 Å². The van der Waals surface area contributed by atoms with Crippen molar-refractivity contribution in [2.45, 2.75) is 40.2 Å². The minimum Gasteiger partial charge on any atom is -0.300 e. The van der Waals surface area contributed by atoms with E-state index in [9.17, 15) is 0 Å². The van der Waals surface area contributed by atoms with Gasteiger partial charge in [0, 0.05) is 19.1 Å². The molecule has 0 amide bonds. The van der Waals surface area contributed by atoms with E-state index < -0.39 is 0 Å². The zero-order valence-electron chi connectivity index (χ0n) is 9.46. The molecule has 0 aromatic carbocycles. The third kappa shape index (κ3) is 1.52. The Bertz CT molecular complexity index is 174. The molecule has 3 aliphatic rings. The van der Waals surface area contributed by atoms with Crippen LogP contribution in [-0.4, -0.2) is 24.0 Å². The lowest BCUT2D eigenvalue weighted by atomic mass is 9.57. The number of nitrogens with zero attached hydrogens (tertiary/aromatic N) is 1. The minimum absolute atomic E-state index is 0.762. The lowest BCUT2D eigenvalue weighted by Crippen LogP contribution is -2.58. The molecule has 1 saturated carbocycles. The van der Waals surface area contributed by atoms with Crippen LogP contribution in [0.1, 0.15) is 34.1 Å². The summed E-state index contributed by atoms with van der Waals surface area (Å²) in [6.07, 6.45) is 1.52. The first kappa shape index (κ1) is 9.51. The van der Waals surface area contributed by atoms with E-state index in [2.05, 4.69) is 32.6 Å². The van der Waals surface area contributed by atoms with Gasteiger partial charge in [0.15, 0.2) is 0 Å². The molecule has 0 N–H and O–H groups in total. The SMILES string of the molecule is CC(C)C1C2CC1CN(C(C)C)C2. The molecular formula is C12H23N.